The van der Waals surface area contributed by atoms with Gasteiger partial charge in [0.05, 0.1) is 5.92 Å². The van der Waals surface area contributed by atoms with Crippen LogP contribution in [0.5, 0.6) is 0 Å². The summed E-state index contributed by atoms with van der Waals surface area (Å²) in [6.07, 6.45) is 22.2. The molecule has 4 N–H and O–H groups in total. The fourth-order valence-electron chi connectivity index (χ4n) is 7.29. The summed E-state index contributed by atoms with van der Waals surface area (Å²) in [6, 6.07) is 12.9. The molecule has 0 bridgehead atoms. The zero-order valence-electron chi connectivity index (χ0n) is 36.0. The highest BCUT2D eigenvalue weighted by molar-refractivity contribution is 9.09. The monoisotopic (exact) mass is 984 g/mol. The number of thiophene rings is 1. The van der Waals surface area contributed by atoms with Crippen LogP contribution >= 0.6 is 55.0 Å². The lowest BCUT2D eigenvalue weighted by molar-refractivity contribution is -0.137. The number of halogens is 2. The number of carbonyl (C=O) groups is 4. The van der Waals surface area contributed by atoms with E-state index in [-0.39, 0.29) is 30.1 Å². The van der Waals surface area contributed by atoms with E-state index in [4.69, 9.17) is 5.11 Å². The Labute approximate surface area is 381 Å². The van der Waals surface area contributed by atoms with Crippen LogP contribution in [0, 0.1) is 6.92 Å². The standard InChI is InChI=1S/C28H40N2O3S.C7H14Br2.C6H13NS.C5H7NO2/c1-22-20-26(34-21-22)25(12-13-27(31)32)28(33)29-16-8-3-2-4-9-17-30-18-14-24(15-19-30)23-10-6-5-7-11-23;8-6-4-2-1-3-5-7-9;1-8-6-2-4-7-5-3-6;7-4-2-1-3-5(8)6-4/h5-7,10-11,20-21,24-25H,2-4,8-9,12-19H2,1H3,(H,29,33)(H,31,32);1-7H2;6-7H,2-5H2,1H3;1-3H2,(H,6,7,8). The van der Waals surface area contributed by atoms with Gasteiger partial charge in [0.1, 0.15) is 0 Å². The minimum atomic E-state index is -0.855. The van der Waals surface area contributed by atoms with Crippen LogP contribution in [0.2, 0.25) is 0 Å². The van der Waals surface area contributed by atoms with Gasteiger partial charge in [-0.05, 0) is 139 Å². The largest absolute Gasteiger partial charge is 0.481 e. The summed E-state index contributed by atoms with van der Waals surface area (Å²) >= 11 is 10.4. The number of nitrogens with one attached hydrogen (secondary N) is 3. The average molecular weight is 987 g/mol. The number of benzene rings is 1. The van der Waals surface area contributed by atoms with E-state index in [1.807, 2.05) is 30.1 Å². The molecule has 5 rings (SSSR count). The molecule has 1 unspecified atom stereocenters. The number of rotatable bonds is 21. The van der Waals surface area contributed by atoms with Crippen molar-refractivity contribution in [1.82, 2.24) is 20.9 Å². The van der Waals surface area contributed by atoms with E-state index < -0.39 is 5.97 Å². The number of nitrogens with zero attached hydrogens (tertiary/aromatic N) is 1. The third-order valence-electron chi connectivity index (χ3n) is 10.8. The smallest absolute Gasteiger partial charge is 0.303 e. The van der Waals surface area contributed by atoms with Gasteiger partial charge in [-0.15, -0.1) is 11.3 Å². The minimum Gasteiger partial charge on any atom is -0.481 e. The summed E-state index contributed by atoms with van der Waals surface area (Å²) in [6.45, 7) is 8.73. The zero-order chi connectivity index (χ0) is 42.9. The number of imide groups is 1. The third kappa shape index (κ3) is 26.3. The van der Waals surface area contributed by atoms with Crippen molar-refractivity contribution in [2.24, 2.45) is 0 Å². The van der Waals surface area contributed by atoms with Crippen LogP contribution in [0.25, 0.3) is 0 Å². The Balaban J connectivity index is 0.000000383. The molecule has 3 amide bonds. The number of aliphatic carboxylic acids is 1. The second-order valence-electron chi connectivity index (χ2n) is 15.8. The number of carboxylic acid groups (broad SMARTS) is 1. The van der Waals surface area contributed by atoms with Crippen molar-refractivity contribution in [2.45, 2.75) is 146 Å². The second-order valence-corrected chi connectivity index (χ2v) is 19.4. The quantitative estimate of drug-likeness (QED) is 0.0553. The number of piperidine rings is 3. The Hall–Kier alpha value is -1.77. The van der Waals surface area contributed by atoms with E-state index in [1.54, 1.807) is 11.3 Å². The zero-order valence-corrected chi connectivity index (χ0v) is 40.8. The van der Waals surface area contributed by atoms with Gasteiger partial charge in [0, 0.05) is 46.6 Å². The lowest BCUT2D eigenvalue weighted by Gasteiger charge is -2.32. The van der Waals surface area contributed by atoms with Crippen molar-refractivity contribution in [3.05, 3.63) is 57.8 Å². The Bertz CT molecular complexity index is 1380. The van der Waals surface area contributed by atoms with Gasteiger partial charge in [0.2, 0.25) is 17.7 Å². The number of thioether (sulfide) groups is 1. The first-order valence-electron chi connectivity index (χ1n) is 22.2. The summed E-state index contributed by atoms with van der Waals surface area (Å²) in [4.78, 5) is 47.9. The molecule has 3 fully saturated rings. The van der Waals surface area contributed by atoms with Crippen LogP contribution in [0.1, 0.15) is 150 Å². The van der Waals surface area contributed by atoms with Crippen LogP contribution < -0.4 is 16.0 Å². The van der Waals surface area contributed by atoms with Crippen molar-refractivity contribution in [2.75, 3.05) is 56.2 Å². The average Bonchev–Trinajstić information content (AvgIpc) is 3.68. The van der Waals surface area contributed by atoms with Crippen molar-refractivity contribution >= 4 is 78.6 Å². The molecule has 0 spiro atoms. The second kappa shape index (κ2) is 34.8. The highest BCUT2D eigenvalue weighted by atomic mass is 79.9. The molecule has 0 aliphatic carbocycles. The highest BCUT2D eigenvalue weighted by Crippen LogP contribution is 2.29. The first-order chi connectivity index (χ1) is 28.7. The number of likely N-dealkylation sites (tertiary alicyclic amines) is 1. The van der Waals surface area contributed by atoms with Crippen molar-refractivity contribution in [1.29, 1.82) is 0 Å². The summed E-state index contributed by atoms with van der Waals surface area (Å²) in [7, 11) is 0. The van der Waals surface area contributed by atoms with Crippen LogP contribution in [0.3, 0.4) is 0 Å². The fourth-order valence-corrected chi connectivity index (χ4v) is 9.82. The van der Waals surface area contributed by atoms with Gasteiger partial charge in [-0.25, -0.2) is 0 Å². The van der Waals surface area contributed by atoms with Gasteiger partial charge >= 0.3 is 5.97 Å². The van der Waals surface area contributed by atoms with Crippen molar-refractivity contribution < 1.29 is 24.3 Å². The number of hydrogen-bond donors (Lipinski definition) is 4. The number of amides is 3. The predicted octanol–water partition coefficient (Wildman–Crippen LogP) is 10.6. The molecule has 9 nitrogen and oxygen atoms in total. The molecular weight excluding hydrogens is 912 g/mol. The first-order valence-corrected chi connectivity index (χ1v) is 26.6. The van der Waals surface area contributed by atoms with Gasteiger partial charge in [-0.1, -0.05) is 101 Å². The van der Waals surface area contributed by atoms with Crippen LogP contribution in [0.15, 0.2) is 41.8 Å². The molecular formula is C46H74Br2N4O5S2. The lowest BCUT2D eigenvalue weighted by Crippen LogP contribution is -2.33. The summed E-state index contributed by atoms with van der Waals surface area (Å²) in [5, 5.41) is 22.9. The maximum Gasteiger partial charge on any atom is 0.303 e. The maximum absolute atomic E-state index is 12.7. The van der Waals surface area contributed by atoms with E-state index in [0.717, 1.165) is 34.5 Å². The summed E-state index contributed by atoms with van der Waals surface area (Å²) in [5.41, 5.74) is 2.61. The highest BCUT2D eigenvalue weighted by Gasteiger charge is 2.23. The molecule has 4 heterocycles. The minimum absolute atomic E-state index is 0.0129. The molecule has 3 saturated heterocycles. The molecule has 2 aromatic rings. The van der Waals surface area contributed by atoms with Gasteiger partial charge in [0.25, 0.3) is 0 Å². The van der Waals surface area contributed by atoms with Crippen LogP contribution in [-0.4, -0.2) is 95.1 Å². The fraction of sp³-hybridized carbons (Fsp3) is 0.696. The molecule has 3 aliphatic rings. The number of hydrogen-bond acceptors (Lipinski definition) is 8. The van der Waals surface area contributed by atoms with Gasteiger partial charge in [-0.3, -0.25) is 24.5 Å². The third-order valence-corrected chi connectivity index (χ3v) is 14.3. The Morgan fingerprint density at radius 3 is 1.98 bits per heavy atom. The Kier molecular flexibility index (Phi) is 31.5. The maximum atomic E-state index is 12.7. The van der Waals surface area contributed by atoms with Crippen LogP contribution in [-0.2, 0) is 19.2 Å². The van der Waals surface area contributed by atoms with Gasteiger partial charge in [0.15, 0.2) is 0 Å². The Morgan fingerprint density at radius 2 is 1.47 bits per heavy atom. The number of aryl methyl sites for hydroxylation is 1. The van der Waals surface area contributed by atoms with Gasteiger partial charge in [-0.2, -0.15) is 11.8 Å². The number of carbonyl (C=O) groups excluding carboxylic acids is 3. The number of alkyl halides is 2. The van der Waals surface area contributed by atoms with E-state index in [0.29, 0.717) is 32.2 Å². The molecule has 59 heavy (non-hydrogen) atoms. The van der Waals surface area contributed by atoms with E-state index in [2.05, 4.69) is 89.3 Å². The molecule has 1 atom stereocenters. The molecule has 0 saturated carbocycles. The molecule has 13 heteroatoms. The van der Waals surface area contributed by atoms with E-state index in [1.165, 1.54) is 126 Å². The lowest BCUT2D eigenvalue weighted by atomic mass is 9.89. The topological polar surface area (TPSA) is 128 Å². The molecule has 0 radical (unpaired) electrons. The SMILES string of the molecule is BrCCCCCCCBr.CSC1CCNCC1.Cc1csc(C(CCC(=O)O)C(=O)NCCCCCCCN2CCC(c3ccccc3)CC2)c1.O=C1CCCC(=O)N1. The van der Waals surface area contributed by atoms with E-state index in [9.17, 15) is 19.2 Å². The van der Waals surface area contributed by atoms with E-state index >= 15 is 0 Å². The molecule has 3 aliphatic heterocycles. The molecule has 1 aromatic heterocycles. The first kappa shape index (κ1) is 53.4. The van der Waals surface area contributed by atoms with Crippen molar-refractivity contribution in [3.8, 4) is 0 Å². The number of carboxylic acids is 1. The predicted molar refractivity (Wildman–Crippen MR) is 257 cm³/mol. The molecule has 334 valence electrons. The number of unbranched alkanes of at least 4 members (excludes halogenated alkanes) is 8. The summed E-state index contributed by atoms with van der Waals surface area (Å²) in [5.74, 6) is -0.808. The van der Waals surface area contributed by atoms with Gasteiger partial charge < -0.3 is 20.6 Å². The summed E-state index contributed by atoms with van der Waals surface area (Å²) < 4.78 is 0. The normalized spacial score (nSPS) is 16.6. The molecule has 1 aromatic carbocycles. The van der Waals surface area contributed by atoms with Crippen molar-refractivity contribution in [3.63, 3.8) is 0 Å². The van der Waals surface area contributed by atoms with Crippen LogP contribution in [0.4, 0.5) is 0 Å². The Morgan fingerprint density at radius 1 is 0.881 bits per heavy atom.